The van der Waals surface area contributed by atoms with Gasteiger partial charge in [0.1, 0.15) is 0 Å². The summed E-state index contributed by atoms with van der Waals surface area (Å²) in [6.07, 6.45) is 2.89. The van der Waals surface area contributed by atoms with Gasteiger partial charge in [0, 0.05) is 51.6 Å². The molecular weight excluding hydrogens is 342 g/mol. The van der Waals surface area contributed by atoms with Crippen LogP contribution in [-0.2, 0) is 14.3 Å². The van der Waals surface area contributed by atoms with E-state index in [0.717, 1.165) is 39.0 Å². The summed E-state index contributed by atoms with van der Waals surface area (Å²) >= 11 is 0. The number of nitrogens with one attached hydrogen (secondary N) is 1. The maximum absolute atomic E-state index is 12.3. The predicted octanol–water partition coefficient (Wildman–Crippen LogP) is 2.28. The Morgan fingerprint density at radius 3 is 2.48 bits per heavy atom. The summed E-state index contributed by atoms with van der Waals surface area (Å²) in [5, 5.41) is 2.71. The third-order valence-electron chi connectivity index (χ3n) is 5.07. The molecule has 1 aliphatic rings. The number of amides is 2. The monoisotopic (exact) mass is 375 g/mol. The van der Waals surface area contributed by atoms with E-state index in [-0.39, 0.29) is 0 Å². The largest absolute Gasteiger partial charge is 0.381 e. The van der Waals surface area contributed by atoms with Gasteiger partial charge in [-0.25, -0.2) is 0 Å². The second-order valence-electron chi connectivity index (χ2n) is 7.07. The number of anilines is 1. The van der Waals surface area contributed by atoms with Crippen molar-refractivity contribution in [3.63, 3.8) is 0 Å². The van der Waals surface area contributed by atoms with Gasteiger partial charge in [-0.1, -0.05) is 25.5 Å². The lowest BCUT2D eigenvalue weighted by molar-refractivity contribution is -0.146. The quantitative estimate of drug-likeness (QED) is 0.559. The highest BCUT2D eigenvalue weighted by Gasteiger charge is 2.26. The number of rotatable bonds is 8. The molecule has 150 valence electrons. The molecule has 0 radical (unpaired) electrons. The van der Waals surface area contributed by atoms with Gasteiger partial charge < -0.3 is 19.9 Å². The molecule has 1 fully saturated rings. The van der Waals surface area contributed by atoms with E-state index in [2.05, 4.69) is 49.2 Å². The second kappa shape index (κ2) is 10.9. The molecule has 27 heavy (non-hydrogen) atoms. The summed E-state index contributed by atoms with van der Waals surface area (Å²) in [6, 6.07) is 6.29. The van der Waals surface area contributed by atoms with Gasteiger partial charge in [-0.2, -0.15) is 0 Å². The molecule has 1 saturated heterocycles. The number of nitrogens with zero attached hydrogens (tertiary/aromatic N) is 2. The molecule has 2 amide bonds. The van der Waals surface area contributed by atoms with Gasteiger partial charge in [-0.15, -0.1) is 0 Å². The van der Waals surface area contributed by atoms with Gasteiger partial charge in [0.15, 0.2) is 0 Å². The molecule has 0 atom stereocenters. The van der Waals surface area contributed by atoms with Crippen LogP contribution in [0, 0.1) is 13.8 Å². The van der Waals surface area contributed by atoms with E-state index in [4.69, 9.17) is 4.74 Å². The molecule has 1 aromatic carbocycles. The van der Waals surface area contributed by atoms with Gasteiger partial charge in [0.05, 0.1) is 0 Å². The number of hydrogen-bond donors (Lipinski definition) is 1. The zero-order chi connectivity index (χ0) is 19.6. The smallest absolute Gasteiger partial charge is 0.312 e. The highest BCUT2D eigenvalue weighted by Crippen LogP contribution is 2.23. The van der Waals surface area contributed by atoms with E-state index in [1.807, 2.05) is 0 Å². The average Bonchev–Trinajstić information content (AvgIpc) is 2.69. The maximum atomic E-state index is 12.3. The molecule has 1 heterocycles. The number of benzene rings is 1. The summed E-state index contributed by atoms with van der Waals surface area (Å²) in [4.78, 5) is 28.3. The number of unbranched alkanes of at least 4 members (excludes halogenated alkanes) is 1. The fourth-order valence-corrected chi connectivity index (χ4v) is 3.17. The van der Waals surface area contributed by atoms with E-state index in [1.54, 1.807) is 4.90 Å². The number of hydrogen-bond acceptors (Lipinski definition) is 4. The highest BCUT2D eigenvalue weighted by atomic mass is 16.5. The van der Waals surface area contributed by atoms with Crippen LogP contribution in [0.5, 0.6) is 0 Å². The first-order chi connectivity index (χ1) is 13.0. The van der Waals surface area contributed by atoms with Crippen molar-refractivity contribution in [3.8, 4) is 0 Å². The molecular formula is C21H33N3O3. The van der Waals surface area contributed by atoms with Gasteiger partial charge in [-0.05, 0) is 43.9 Å². The first-order valence-corrected chi connectivity index (χ1v) is 10.0. The standard InChI is InChI=1S/C21H33N3O3/c1-4-5-15-27-16-7-10-22-20(25)21(26)24-13-11-23(12-14-24)19-9-6-8-17(2)18(19)3/h6,8-9H,4-5,7,10-16H2,1-3H3,(H,22,25). The average molecular weight is 376 g/mol. The van der Waals surface area contributed by atoms with Crippen molar-refractivity contribution < 1.29 is 14.3 Å². The predicted molar refractivity (Wildman–Crippen MR) is 108 cm³/mol. The van der Waals surface area contributed by atoms with Crippen LogP contribution in [0.25, 0.3) is 0 Å². The van der Waals surface area contributed by atoms with Crippen molar-refractivity contribution in [1.82, 2.24) is 10.2 Å². The van der Waals surface area contributed by atoms with Crippen molar-refractivity contribution in [2.24, 2.45) is 0 Å². The van der Waals surface area contributed by atoms with Crippen LogP contribution in [0.4, 0.5) is 5.69 Å². The number of carbonyl (C=O) groups excluding carboxylic acids is 2. The van der Waals surface area contributed by atoms with Gasteiger partial charge in [-0.3, -0.25) is 9.59 Å². The first-order valence-electron chi connectivity index (χ1n) is 10.0. The van der Waals surface area contributed by atoms with Crippen molar-refractivity contribution in [1.29, 1.82) is 0 Å². The van der Waals surface area contributed by atoms with E-state index in [0.29, 0.717) is 26.2 Å². The first kappa shape index (κ1) is 21.2. The Morgan fingerprint density at radius 2 is 1.78 bits per heavy atom. The molecule has 1 aromatic rings. The third kappa shape index (κ3) is 6.24. The summed E-state index contributed by atoms with van der Waals surface area (Å²) in [7, 11) is 0. The molecule has 1 aliphatic heterocycles. The lowest BCUT2D eigenvalue weighted by Crippen LogP contribution is -2.53. The molecule has 6 nitrogen and oxygen atoms in total. The van der Waals surface area contributed by atoms with Crippen molar-refractivity contribution in [3.05, 3.63) is 29.3 Å². The summed E-state index contributed by atoms with van der Waals surface area (Å²) < 4.78 is 5.45. The SMILES string of the molecule is CCCCOCCCNC(=O)C(=O)N1CCN(c2cccc(C)c2C)CC1. The van der Waals surface area contributed by atoms with Crippen LogP contribution in [-0.4, -0.2) is 62.7 Å². The minimum absolute atomic E-state index is 0.428. The van der Waals surface area contributed by atoms with E-state index in [1.165, 1.54) is 16.8 Å². The van der Waals surface area contributed by atoms with Gasteiger partial charge >= 0.3 is 11.8 Å². The lowest BCUT2D eigenvalue weighted by Gasteiger charge is -2.36. The van der Waals surface area contributed by atoms with Crippen LogP contribution in [0.15, 0.2) is 18.2 Å². The maximum Gasteiger partial charge on any atom is 0.312 e. The third-order valence-corrected chi connectivity index (χ3v) is 5.07. The normalized spacial score (nSPS) is 14.3. The van der Waals surface area contributed by atoms with E-state index >= 15 is 0 Å². The minimum atomic E-state index is -0.510. The fraction of sp³-hybridized carbons (Fsp3) is 0.619. The minimum Gasteiger partial charge on any atom is -0.381 e. The molecule has 2 rings (SSSR count). The van der Waals surface area contributed by atoms with Crippen molar-refractivity contribution >= 4 is 17.5 Å². The van der Waals surface area contributed by atoms with E-state index in [9.17, 15) is 9.59 Å². The molecule has 0 bridgehead atoms. The molecule has 0 unspecified atom stereocenters. The van der Waals surface area contributed by atoms with Crippen LogP contribution in [0.3, 0.4) is 0 Å². The van der Waals surface area contributed by atoms with Crippen LogP contribution in [0.1, 0.15) is 37.3 Å². The number of ether oxygens (including phenoxy) is 1. The Morgan fingerprint density at radius 1 is 1.07 bits per heavy atom. The van der Waals surface area contributed by atoms with Crippen molar-refractivity contribution in [2.75, 3.05) is 50.8 Å². The molecule has 0 aromatic heterocycles. The Bertz CT molecular complexity index is 625. The number of aryl methyl sites for hydroxylation is 1. The molecule has 6 heteroatoms. The topological polar surface area (TPSA) is 61.9 Å². The highest BCUT2D eigenvalue weighted by molar-refractivity contribution is 6.35. The molecule has 0 spiro atoms. The second-order valence-corrected chi connectivity index (χ2v) is 7.07. The van der Waals surface area contributed by atoms with Crippen LogP contribution < -0.4 is 10.2 Å². The zero-order valence-corrected chi connectivity index (χ0v) is 16.9. The molecule has 1 N–H and O–H groups in total. The Labute approximate surface area is 162 Å². The summed E-state index contributed by atoms with van der Waals surface area (Å²) in [6.45, 7) is 10.8. The van der Waals surface area contributed by atoms with Crippen molar-refractivity contribution in [2.45, 2.75) is 40.0 Å². The Hall–Kier alpha value is -2.08. The van der Waals surface area contributed by atoms with E-state index < -0.39 is 11.8 Å². The molecule has 0 saturated carbocycles. The van der Waals surface area contributed by atoms with Gasteiger partial charge in [0.2, 0.25) is 0 Å². The summed E-state index contributed by atoms with van der Waals surface area (Å²) in [5.41, 5.74) is 3.76. The van der Waals surface area contributed by atoms with Crippen LogP contribution >= 0.6 is 0 Å². The Kier molecular flexibility index (Phi) is 8.58. The van der Waals surface area contributed by atoms with Gasteiger partial charge in [0.25, 0.3) is 0 Å². The lowest BCUT2D eigenvalue weighted by atomic mass is 10.1. The summed E-state index contributed by atoms with van der Waals surface area (Å²) in [5.74, 6) is -0.939. The number of piperazine rings is 1. The van der Waals surface area contributed by atoms with Crippen LogP contribution in [0.2, 0.25) is 0 Å². The zero-order valence-electron chi connectivity index (χ0n) is 16.9. The number of carbonyl (C=O) groups is 2. The molecule has 0 aliphatic carbocycles. The Balaban J connectivity index is 1.71. The fourth-order valence-electron chi connectivity index (χ4n) is 3.17.